The lowest BCUT2D eigenvalue weighted by Gasteiger charge is -2.20. The molecule has 0 saturated heterocycles. The molecule has 0 aliphatic carbocycles. The molecule has 0 fully saturated rings. The standard InChI is InChI=1S/C12H16N4O4.C8H18N6.2ClH/c1-11(7-13,5-3-9(17)18)15-16-12(2,8-14)6-4-10(19)20;1-7(2,5(9)10)13-14-8(3,4)6(11)12;;/h3-6H2,1-2H3,(H,17,18)(H,19,20);1-4H3,(H3,9,10)(H3,11,12);2*1H/b16-15+;14-13+;;. The second kappa shape index (κ2) is 16.3. The van der Waals surface area contributed by atoms with E-state index in [0.29, 0.717) is 0 Å². The lowest BCUT2D eigenvalue weighted by atomic mass is 9.97. The molecular weight excluding hydrogens is 515 g/mol. The van der Waals surface area contributed by atoms with Crippen LogP contribution in [-0.4, -0.2) is 56.0 Å². The number of nitrogens with two attached hydrogens (primary N) is 2. The fraction of sp³-hybridized carbons (Fsp3) is 0.700. The Hall–Kier alpha value is -3.36. The molecule has 0 aliphatic heterocycles. The third-order valence-corrected chi connectivity index (χ3v) is 4.49. The van der Waals surface area contributed by atoms with Gasteiger partial charge in [0.25, 0.3) is 0 Å². The molecular formula is C20H36Cl2N10O4. The van der Waals surface area contributed by atoms with E-state index in [1.165, 1.54) is 13.8 Å². The third kappa shape index (κ3) is 16.3. The van der Waals surface area contributed by atoms with Gasteiger partial charge in [0, 0.05) is 12.8 Å². The van der Waals surface area contributed by atoms with E-state index in [9.17, 15) is 9.59 Å². The van der Waals surface area contributed by atoms with Crippen LogP contribution >= 0.6 is 24.8 Å². The number of hydrogen-bond acceptors (Lipinski definition) is 10. The Bertz CT molecular complexity index is 852. The molecule has 0 saturated carbocycles. The molecule has 0 amide bonds. The summed E-state index contributed by atoms with van der Waals surface area (Å²) in [4.78, 5) is 21.0. The molecule has 0 aliphatic rings. The minimum atomic E-state index is -1.35. The molecule has 0 aromatic heterocycles. The largest absolute Gasteiger partial charge is 0.481 e. The lowest BCUT2D eigenvalue weighted by molar-refractivity contribution is -0.138. The Balaban J connectivity index is -0.000000285. The summed E-state index contributed by atoms with van der Waals surface area (Å²) in [6.45, 7) is 9.52. The van der Waals surface area contributed by atoms with Gasteiger partial charge < -0.3 is 21.7 Å². The van der Waals surface area contributed by atoms with Crippen molar-refractivity contribution in [1.29, 1.82) is 21.3 Å². The van der Waals surface area contributed by atoms with Crippen molar-refractivity contribution in [2.75, 3.05) is 0 Å². The fourth-order valence-electron chi connectivity index (χ4n) is 1.54. The molecule has 0 bridgehead atoms. The summed E-state index contributed by atoms with van der Waals surface area (Å²) >= 11 is 0. The Morgan fingerprint density at radius 3 is 1.14 bits per heavy atom. The fourth-order valence-corrected chi connectivity index (χ4v) is 1.54. The van der Waals surface area contributed by atoms with Gasteiger partial charge in [0.1, 0.15) is 22.7 Å². The summed E-state index contributed by atoms with van der Waals surface area (Å²) in [5, 5.41) is 65.0. The van der Waals surface area contributed by atoms with Crippen LogP contribution in [0, 0.1) is 33.5 Å². The second-order valence-electron chi connectivity index (χ2n) is 8.90. The Morgan fingerprint density at radius 2 is 0.972 bits per heavy atom. The molecule has 204 valence electrons. The van der Waals surface area contributed by atoms with Gasteiger partial charge in [-0.3, -0.25) is 20.4 Å². The van der Waals surface area contributed by atoms with Gasteiger partial charge in [0.2, 0.25) is 0 Å². The summed E-state index contributed by atoms with van der Waals surface area (Å²) < 4.78 is 0. The maximum absolute atomic E-state index is 10.5. The second-order valence-corrected chi connectivity index (χ2v) is 8.90. The number of aliphatic carboxylic acids is 2. The highest BCUT2D eigenvalue weighted by atomic mass is 35.5. The number of nitrogens with zero attached hydrogens (tertiary/aromatic N) is 6. The van der Waals surface area contributed by atoms with Gasteiger partial charge in [-0.25, -0.2) is 0 Å². The van der Waals surface area contributed by atoms with Crippen molar-refractivity contribution < 1.29 is 19.8 Å². The molecule has 14 nitrogen and oxygen atoms in total. The first-order valence-electron chi connectivity index (χ1n) is 10.1. The SMILES string of the molecule is CC(C#N)(CCC(=O)O)/N=N/C(C)(C#N)CCC(=O)O.CC(C)(/N=N/C(C)(C)C(=N)N)C(=N)N.Cl.Cl. The van der Waals surface area contributed by atoms with E-state index < -0.39 is 34.1 Å². The number of nitriles is 2. The van der Waals surface area contributed by atoms with Crippen molar-refractivity contribution in [2.45, 2.75) is 89.4 Å². The van der Waals surface area contributed by atoms with Gasteiger partial charge >= 0.3 is 11.9 Å². The van der Waals surface area contributed by atoms with Crippen LogP contribution in [0.1, 0.15) is 67.2 Å². The maximum atomic E-state index is 10.5. The van der Waals surface area contributed by atoms with Gasteiger partial charge in [-0.1, -0.05) is 0 Å². The van der Waals surface area contributed by atoms with E-state index in [2.05, 4.69) is 20.5 Å². The smallest absolute Gasteiger partial charge is 0.303 e. The highest BCUT2D eigenvalue weighted by molar-refractivity contribution is 5.87. The molecule has 0 aromatic carbocycles. The number of carboxylic acid groups (broad SMARTS) is 2. The number of carbonyl (C=O) groups is 2. The monoisotopic (exact) mass is 550 g/mol. The van der Waals surface area contributed by atoms with Gasteiger partial charge in [0.05, 0.1) is 12.1 Å². The summed E-state index contributed by atoms with van der Waals surface area (Å²) in [7, 11) is 0. The first-order valence-corrected chi connectivity index (χ1v) is 10.1. The van der Waals surface area contributed by atoms with Crippen LogP contribution in [0.25, 0.3) is 0 Å². The van der Waals surface area contributed by atoms with Crippen molar-refractivity contribution in [2.24, 2.45) is 31.9 Å². The van der Waals surface area contributed by atoms with Crippen molar-refractivity contribution in [3.8, 4) is 12.1 Å². The summed E-state index contributed by atoms with van der Waals surface area (Å²) in [6, 6.07) is 3.69. The zero-order valence-corrected chi connectivity index (χ0v) is 22.8. The highest BCUT2D eigenvalue weighted by Crippen LogP contribution is 2.23. The number of azo groups is 2. The normalized spacial score (nSPS) is 14.3. The van der Waals surface area contributed by atoms with Crippen LogP contribution in [0.3, 0.4) is 0 Å². The number of halogens is 2. The van der Waals surface area contributed by atoms with Crippen molar-refractivity contribution >= 4 is 48.4 Å². The first-order chi connectivity index (χ1) is 15.3. The molecule has 0 radical (unpaired) electrons. The number of amidine groups is 2. The summed E-state index contributed by atoms with van der Waals surface area (Å²) in [5.74, 6) is -2.26. The number of rotatable bonds is 12. The maximum Gasteiger partial charge on any atom is 0.303 e. The van der Waals surface area contributed by atoms with Crippen LogP contribution in [0.5, 0.6) is 0 Å². The van der Waals surface area contributed by atoms with E-state index in [4.69, 9.17) is 43.0 Å². The van der Waals surface area contributed by atoms with E-state index in [1.54, 1.807) is 27.7 Å². The van der Waals surface area contributed by atoms with Gasteiger partial charge in [-0.15, -0.1) is 24.8 Å². The third-order valence-electron chi connectivity index (χ3n) is 4.49. The van der Waals surface area contributed by atoms with Crippen molar-refractivity contribution in [1.82, 2.24) is 0 Å². The first kappa shape index (κ1) is 39.8. The molecule has 0 rings (SSSR count). The molecule has 0 aromatic rings. The zero-order valence-electron chi connectivity index (χ0n) is 21.2. The minimum Gasteiger partial charge on any atom is -0.481 e. The number of hydrogen-bond donors (Lipinski definition) is 6. The van der Waals surface area contributed by atoms with Gasteiger partial charge in [0.15, 0.2) is 11.1 Å². The van der Waals surface area contributed by atoms with Crippen molar-refractivity contribution in [3.05, 3.63) is 0 Å². The predicted octanol–water partition coefficient (Wildman–Crippen LogP) is 3.44. The minimum absolute atomic E-state index is 0. The van der Waals surface area contributed by atoms with Crippen LogP contribution in [0.2, 0.25) is 0 Å². The van der Waals surface area contributed by atoms with Crippen LogP contribution in [-0.2, 0) is 9.59 Å². The van der Waals surface area contributed by atoms with Crippen LogP contribution in [0.4, 0.5) is 0 Å². The Labute approximate surface area is 223 Å². The zero-order chi connectivity index (χ0) is 27.4. The van der Waals surface area contributed by atoms with Crippen molar-refractivity contribution in [3.63, 3.8) is 0 Å². The molecule has 16 heteroatoms. The van der Waals surface area contributed by atoms with Crippen LogP contribution < -0.4 is 11.5 Å². The summed E-state index contributed by atoms with van der Waals surface area (Å²) in [5.41, 5.74) is 6.26. The molecule has 2 unspecified atom stereocenters. The van der Waals surface area contributed by atoms with Gasteiger partial charge in [-0.05, 0) is 54.4 Å². The van der Waals surface area contributed by atoms with E-state index in [1.807, 2.05) is 12.1 Å². The van der Waals surface area contributed by atoms with E-state index in [0.717, 1.165) is 0 Å². The molecule has 0 heterocycles. The van der Waals surface area contributed by atoms with E-state index in [-0.39, 0.29) is 62.2 Å². The Kier molecular flexibility index (Phi) is 18.1. The van der Waals surface area contributed by atoms with E-state index >= 15 is 0 Å². The highest BCUT2D eigenvalue weighted by Gasteiger charge is 2.29. The quantitative estimate of drug-likeness (QED) is 0.118. The molecule has 0 spiro atoms. The molecule has 8 N–H and O–H groups in total. The molecule has 36 heavy (non-hydrogen) atoms. The predicted molar refractivity (Wildman–Crippen MR) is 138 cm³/mol. The molecule has 2 atom stereocenters. The Morgan fingerprint density at radius 1 is 0.722 bits per heavy atom. The average molecular weight is 551 g/mol. The topological polar surface area (TPSA) is 271 Å². The average Bonchev–Trinajstić information content (AvgIpc) is 2.74. The number of nitrogens with one attached hydrogen (secondary N) is 2. The summed E-state index contributed by atoms with van der Waals surface area (Å²) in [6.07, 6.45) is -0.575. The lowest BCUT2D eigenvalue weighted by Crippen LogP contribution is -2.38. The van der Waals surface area contributed by atoms with Gasteiger partial charge in [-0.2, -0.15) is 31.0 Å². The van der Waals surface area contributed by atoms with Crippen LogP contribution in [0.15, 0.2) is 20.5 Å². The number of carboxylic acids is 2.